The summed E-state index contributed by atoms with van der Waals surface area (Å²) >= 11 is 0. The average Bonchev–Trinajstić information content (AvgIpc) is 2.06. The molecule has 12 heavy (non-hydrogen) atoms. The van der Waals surface area contributed by atoms with Gasteiger partial charge in [-0.25, -0.2) is 0 Å². The van der Waals surface area contributed by atoms with Gasteiger partial charge in [0.15, 0.2) is 0 Å². The van der Waals surface area contributed by atoms with E-state index in [4.69, 9.17) is 0 Å². The summed E-state index contributed by atoms with van der Waals surface area (Å²) in [6, 6.07) is 0.871. The zero-order valence-corrected chi connectivity index (χ0v) is 8.18. The molecule has 0 aromatic rings. The third kappa shape index (κ3) is 1.82. The summed E-state index contributed by atoms with van der Waals surface area (Å²) in [5.74, 6) is 2.05. The number of hydrogen-bond donors (Lipinski definition) is 1. The molecule has 2 saturated heterocycles. The molecule has 2 heterocycles. The first kappa shape index (κ1) is 8.55. The maximum Gasteiger partial charge on any atom is 0.00673 e. The van der Waals surface area contributed by atoms with E-state index in [0.29, 0.717) is 0 Å². The average molecular weight is 167 g/mol. The molecule has 1 saturated carbocycles. The monoisotopic (exact) mass is 167 g/mol. The van der Waals surface area contributed by atoms with Crippen molar-refractivity contribution in [3.63, 3.8) is 0 Å². The summed E-state index contributed by atoms with van der Waals surface area (Å²) < 4.78 is 0. The Bertz CT molecular complexity index is 136. The Balaban J connectivity index is 1.94. The van der Waals surface area contributed by atoms with Gasteiger partial charge in [-0.05, 0) is 50.5 Å². The van der Waals surface area contributed by atoms with Gasteiger partial charge in [-0.3, -0.25) is 0 Å². The topological polar surface area (TPSA) is 12.0 Å². The molecule has 0 radical (unpaired) electrons. The molecule has 0 aromatic carbocycles. The van der Waals surface area contributed by atoms with Crippen LogP contribution in [-0.4, -0.2) is 12.6 Å². The van der Waals surface area contributed by atoms with E-state index in [1.807, 2.05) is 0 Å². The third-order valence-corrected chi connectivity index (χ3v) is 3.79. The fraction of sp³-hybridized carbons (Fsp3) is 1.00. The number of nitrogens with one attached hydrogen (secondary N) is 1. The number of hydrogen-bond acceptors (Lipinski definition) is 1. The quantitative estimate of drug-likeness (QED) is 0.633. The summed E-state index contributed by atoms with van der Waals surface area (Å²) in [6.45, 7) is 3.62. The van der Waals surface area contributed by atoms with Crippen molar-refractivity contribution in [2.75, 3.05) is 6.54 Å². The van der Waals surface area contributed by atoms with Crippen LogP contribution in [0.15, 0.2) is 0 Å². The van der Waals surface area contributed by atoms with Crippen molar-refractivity contribution in [1.82, 2.24) is 5.32 Å². The van der Waals surface area contributed by atoms with Crippen LogP contribution in [0.4, 0.5) is 0 Å². The second kappa shape index (κ2) is 3.78. The van der Waals surface area contributed by atoms with E-state index in [1.54, 1.807) is 0 Å². The van der Waals surface area contributed by atoms with Crippen LogP contribution in [0.5, 0.6) is 0 Å². The predicted octanol–water partition coefficient (Wildman–Crippen LogP) is 2.56. The van der Waals surface area contributed by atoms with Crippen LogP contribution >= 0.6 is 0 Å². The summed E-state index contributed by atoms with van der Waals surface area (Å²) in [5, 5.41) is 3.71. The summed E-state index contributed by atoms with van der Waals surface area (Å²) in [6.07, 6.45) is 8.75. The molecule has 1 heteroatoms. The lowest BCUT2D eigenvalue weighted by Gasteiger charge is -2.36. The molecule has 1 N–H and O–H groups in total. The van der Waals surface area contributed by atoms with Gasteiger partial charge in [0.25, 0.3) is 0 Å². The standard InChI is InChI=1S/C11H21N/c1-2-9-7-10-3-5-11(6-4-10)12-8-9/h9-12H,2-8H2,1H3. The molecule has 3 fully saturated rings. The van der Waals surface area contributed by atoms with Gasteiger partial charge in [0.05, 0.1) is 0 Å². The van der Waals surface area contributed by atoms with Gasteiger partial charge in [0, 0.05) is 6.04 Å². The molecule has 2 aliphatic heterocycles. The van der Waals surface area contributed by atoms with E-state index >= 15 is 0 Å². The zero-order valence-electron chi connectivity index (χ0n) is 8.18. The molecule has 0 spiro atoms. The van der Waals surface area contributed by atoms with Gasteiger partial charge >= 0.3 is 0 Å². The second-order valence-electron chi connectivity index (χ2n) is 4.64. The lowest BCUT2D eigenvalue weighted by molar-refractivity contribution is 0.201. The van der Waals surface area contributed by atoms with Crippen LogP contribution in [0.1, 0.15) is 45.4 Å². The summed E-state index contributed by atoms with van der Waals surface area (Å²) in [7, 11) is 0. The Hall–Kier alpha value is -0.0400. The van der Waals surface area contributed by atoms with Gasteiger partial charge in [0.2, 0.25) is 0 Å². The number of rotatable bonds is 1. The van der Waals surface area contributed by atoms with E-state index < -0.39 is 0 Å². The van der Waals surface area contributed by atoms with E-state index in [1.165, 1.54) is 45.1 Å². The fourth-order valence-corrected chi connectivity index (χ4v) is 2.80. The zero-order chi connectivity index (χ0) is 8.39. The molecule has 1 nitrogen and oxygen atoms in total. The molecular formula is C11H21N. The summed E-state index contributed by atoms with van der Waals surface area (Å²) in [4.78, 5) is 0. The van der Waals surface area contributed by atoms with Gasteiger partial charge in [-0.15, -0.1) is 0 Å². The van der Waals surface area contributed by atoms with Gasteiger partial charge < -0.3 is 5.32 Å². The van der Waals surface area contributed by atoms with Crippen LogP contribution < -0.4 is 5.32 Å². The Morgan fingerprint density at radius 1 is 1.17 bits per heavy atom. The predicted molar refractivity (Wildman–Crippen MR) is 52.1 cm³/mol. The van der Waals surface area contributed by atoms with Crippen molar-refractivity contribution in [3.8, 4) is 0 Å². The SMILES string of the molecule is CCC1CNC2CCC(CC2)C1. The molecule has 3 rings (SSSR count). The molecule has 2 bridgehead atoms. The van der Waals surface area contributed by atoms with Gasteiger partial charge in [0.1, 0.15) is 0 Å². The Morgan fingerprint density at radius 3 is 2.58 bits per heavy atom. The normalized spacial score (nSPS) is 42.2. The first-order valence-corrected chi connectivity index (χ1v) is 5.62. The Labute approximate surface area is 75.9 Å². The first-order chi connectivity index (χ1) is 5.88. The Morgan fingerprint density at radius 2 is 1.92 bits per heavy atom. The molecule has 0 amide bonds. The smallest absolute Gasteiger partial charge is 0.00673 e. The highest BCUT2D eigenvalue weighted by Gasteiger charge is 2.26. The van der Waals surface area contributed by atoms with Crippen molar-refractivity contribution in [2.45, 2.75) is 51.5 Å². The van der Waals surface area contributed by atoms with Crippen LogP contribution in [0.2, 0.25) is 0 Å². The molecule has 3 aliphatic rings. The minimum atomic E-state index is 0.871. The van der Waals surface area contributed by atoms with E-state index in [2.05, 4.69) is 12.2 Å². The minimum absolute atomic E-state index is 0.871. The maximum absolute atomic E-state index is 3.71. The highest BCUT2D eigenvalue weighted by molar-refractivity contribution is 4.82. The fourth-order valence-electron chi connectivity index (χ4n) is 2.80. The molecular weight excluding hydrogens is 146 g/mol. The third-order valence-electron chi connectivity index (χ3n) is 3.79. The Kier molecular flexibility index (Phi) is 2.69. The van der Waals surface area contributed by atoms with Crippen LogP contribution in [0.3, 0.4) is 0 Å². The van der Waals surface area contributed by atoms with Crippen molar-refractivity contribution >= 4 is 0 Å². The molecule has 0 aromatic heterocycles. The van der Waals surface area contributed by atoms with Crippen LogP contribution in [-0.2, 0) is 0 Å². The van der Waals surface area contributed by atoms with Crippen molar-refractivity contribution < 1.29 is 0 Å². The van der Waals surface area contributed by atoms with Crippen LogP contribution in [0.25, 0.3) is 0 Å². The lowest BCUT2D eigenvalue weighted by Crippen LogP contribution is -2.40. The molecule has 1 aliphatic carbocycles. The lowest BCUT2D eigenvalue weighted by atomic mass is 9.78. The van der Waals surface area contributed by atoms with Gasteiger partial charge in [-0.2, -0.15) is 0 Å². The molecule has 70 valence electrons. The van der Waals surface area contributed by atoms with E-state index in [-0.39, 0.29) is 0 Å². The number of fused-ring (bicyclic) bond motifs is 5. The highest BCUT2D eigenvalue weighted by atomic mass is 14.9. The van der Waals surface area contributed by atoms with Crippen molar-refractivity contribution in [3.05, 3.63) is 0 Å². The molecule has 1 unspecified atom stereocenters. The van der Waals surface area contributed by atoms with E-state index in [9.17, 15) is 0 Å². The van der Waals surface area contributed by atoms with Gasteiger partial charge in [-0.1, -0.05) is 13.3 Å². The van der Waals surface area contributed by atoms with Crippen molar-refractivity contribution in [1.29, 1.82) is 0 Å². The van der Waals surface area contributed by atoms with E-state index in [0.717, 1.165) is 17.9 Å². The minimum Gasteiger partial charge on any atom is -0.314 e. The largest absolute Gasteiger partial charge is 0.314 e. The maximum atomic E-state index is 3.71. The first-order valence-electron chi connectivity index (χ1n) is 5.62. The molecule has 1 atom stereocenters. The van der Waals surface area contributed by atoms with Crippen molar-refractivity contribution in [2.24, 2.45) is 11.8 Å². The summed E-state index contributed by atoms with van der Waals surface area (Å²) in [5.41, 5.74) is 0. The van der Waals surface area contributed by atoms with Crippen LogP contribution in [0, 0.1) is 11.8 Å². The highest BCUT2D eigenvalue weighted by Crippen LogP contribution is 2.32. The second-order valence-corrected chi connectivity index (χ2v) is 4.64.